The number of halogens is 2. The molecule has 0 aliphatic carbocycles. The van der Waals surface area contributed by atoms with Gasteiger partial charge in [0.15, 0.2) is 0 Å². The van der Waals surface area contributed by atoms with Gasteiger partial charge in [0.2, 0.25) is 11.8 Å². The molecule has 0 saturated carbocycles. The van der Waals surface area contributed by atoms with Gasteiger partial charge >= 0.3 is 0 Å². The van der Waals surface area contributed by atoms with Gasteiger partial charge < -0.3 is 10.2 Å². The van der Waals surface area contributed by atoms with Crippen molar-refractivity contribution in [3.8, 4) is 0 Å². The Kier molecular flexibility index (Phi) is 9.00. The summed E-state index contributed by atoms with van der Waals surface area (Å²) in [6.07, 6.45) is 0. The molecule has 3 rings (SSSR count). The van der Waals surface area contributed by atoms with Crippen LogP contribution < -0.4 is 9.62 Å². The molecule has 3 aromatic rings. The third kappa shape index (κ3) is 6.00. The molecule has 0 heterocycles. The fourth-order valence-electron chi connectivity index (χ4n) is 3.72. The van der Waals surface area contributed by atoms with E-state index in [-0.39, 0.29) is 11.4 Å². The van der Waals surface area contributed by atoms with E-state index in [4.69, 9.17) is 23.2 Å². The summed E-state index contributed by atoms with van der Waals surface area (Å²) in [4.78, 5) is 27.6. The molecule has 36 heavy (non-hydrogen) atoms. The Labute approximate surface area is 221 Å². The third-order valence-corrected chi connectivity index (χ3v) is 8.28. The first-order valence-electron chi connectivity index (χ1n) is 11.1. The molecule has 2 amide bonds. The number of sulfonamides is 1. The molecule has 0 fully saturated rings. The van der Waals surface area contributed by atoms with Crippen molar-refractivity contribution in [2.24, 2.45) is 0 Å². The molecule has 3 aromatic carbocycles. The Morgan fingerprint density at radius 1 is 0.917 bits per heavy atom. The summed E-state index contributed by atoms with van der Waals surface area (Å²) < 4.78 is 28.5. The predicted molar refractivity (Wildman–Crippen MR) is 143 cm³/mol. The highest BCUT2D eigenvalue weighted by Crippen LogP contribution is 2.29. The largest absolute Gasteiger partial charge is 0.357 e. The summed E-state index contributed by atoms with van der Waals surface area (Å²) in [5.74, 6) is -1.01. The fraction of sp³-hybridized carbons (Fsp3) is 0.231. The average Bonchev–Trinajstić information content (AvgIpc) is 2.87. The van der Waals surface area contributed by atoms with Crippen molar-refractivity contribution in [2.45, 2.75) is 31.3 Å². The minimum Gasteiger partial charge on any atom is -0.357 e. The number of hydrogen-bond acceptors (Lipinski definition) is 4. The maximum atomic E-state index is 13.8. The smallest absolute Gasteiger partial charge is 0.264 e. The lowest BCUT2D eigenvalue weighted by Crippen LogP contribution is -2.50. The van der Waals surface area contributed by atoms with E-state index >= 15 is 0 Å². The number of carbonyl (C=O) groups is 2. The van der Waals surface area contributed by atoms with Gasteiger partial charge in [-0.3, -0.25) is 13.9 Å². The van der Waals surface area contributed by atoms with E-state index in [9.17, 15) is 18.0 Å². The molecule has 0 aromatic heterocycles. The third-order valence-electron chi connectivity index (χ3n) is 5.80. The van der Waals surface area contributed by atoms with E-state index in [1.165, 1.54) is 24.1 Å². The van der Waals surface area contributed by atoms with Crippen LogP contribution in [-0.2, 0) is 26.2 Å². The number of anilines is 1. The van der Waals surface area contributed by atoms with Crippen molar-refractivity contribution in [1.29, 1.82) is 0 Å². The number of amides is 2. The first kappa shape index (κ1) is 27.5. The summed E-state index contributed by atoms with van der Waals surface area (Å²) in [7, 11) is -2.65. The average molecular weight is 548 g/mol. The number of nitrogens with zero attached hydrogens (tertiary/aromatic N) is 2. The van der Waals surface area contributed by atoms with Crippen molar-refractivity contribution < 1.29 is 18.0 Å². The zero-order valence-corrected chi connectivity index (χ0v) is 22.4. The van der Waals surface area contributed by atoms with Gasteiger partial charge in [-0.25, -0.2) is 8.42 Å². The molecule has 190 valence electrons. The first-order valence-corrected chi connectivity index (χ1v) is 13.3. The molecule has 0 aliphatic rings. The standard InChI is InChI=1S/C26H27Cl2N3O4S/c1-18-10-7-8-15-24(18)31(36(34,35)20-11-5-4-6-12-20)17-25(32)30(19(2)26(33)29-3)16-21-22(27)13-9-14-23(21)28/h4-15,19H,16-17H2,1-3H3,(H,29,33)/t19-/m1/s1. The van der Waals surface area contributed by atoms with Crippen LogP contribution >= 0.6 is 23.2 Å². The van der Waals surface area contributed by atoms with Gasteiger partial charge in [0.25, 0.3) is 10.0 Å². The second-order valence-electron chi connectivity index (χ2n) is 8.12. The molecule has 0 aliphatic heterocycles. The zero-order chi connectivity index (χ0) is 26.5. The fourth-order valence-corrected chi connectivity index (χ4v) is 5.74. The lowest BCUT2D eigenvalue weighted by Gasteiger charge is -2.32. The van der Waals surface area contributed by atoms with Gasteiger partial charge in [-0.2, -0.15) is 0 Å². The minimum atomic E-state index is -4.11. The monoisotopic (exact) mass is 547 g/mol. The lowest BCUT2D eigenvalue weighted by molar-refractivity contribution is -0.139. The summed E-state index contributed by atoms with van der Waals surface area (Å²) in [6, 6.07) is 18.8. The van der Waals surface area contributed by atoms with E-state index in [0.29, 0.717) is 26.9 Å². The van der Waals surface area contributed by atoms with E-state index in [2.05, 4.69) is 5.32 Å². The minimum absolute atomic E-state index is 0.0427. The van der Waals surface area contributed by atoms with E-state index < -0.39 is 34.4 Å². The van der Waals surface area contributed by atoms with Crippen LogP contribution in [0.5, 0.6) is 0 Å². The summed E-state index contributed by atoms with van der Waals surface area (Å²) in [5.41, 5.74) is 1.49. The number of nitrogens with one attached hydrogen (secondary N) is 1. The highest BCUT2D eigenvalue weighted by Gasteiger charge is 2.33. The van der Waals surface area contributed by atoms with Crippen molar-refractivity contribution in [1.82, 2.24) is 10.2 Å². The SMILES string of the molecule is CNC(=O)[C@@H](C)N(Cc1c(Cl)cccc1Cl)C(=O)CN(c1ccccc1C)S(=O)(=O)c1ccccc1. The van der Waals surface area contributed by atoms with E-state index in [0.717, 1.165) is 4.31 Å². The van der Waals surface area contributed by atoms with Gasteiger partial charge in [-0.1, -0.05) is 65.7 Å². The van der Waals surface area contributed by atoms with Crippen molar-refractivity contribution in [2.75, 3.05) is 17.9 Å². The van der Waals surface area contributed by atoms with Gasteiger partial charge in [-0.15, -0.1) is 0 Å². The Hall–Kier alpha value is -3.07. The van der Waals surface area contributed by atoms with E-state index in [1.807, 2.05) is 0 Å². The normalized spacial score (nSPS) is 12.0. The molecule has 0 spiro atoms. The molecule has 1 N–H and O–H groups in total. The Balaban J connectivity index is 2.07. The number of benzene rings is 3. The van der Waals surface area contributed by atoms with E-state index in [1.54, 1.807) is 74.5 Å². The van der Waals surface area contributed by atoms with Crippen molar-refractivity contribution in [3.05, 3.63) is 94.0 Å². The maximum Gasteiger partial charge on any atom is 0.264 e. The van der Waals surface area contributed by atoms with Crippen LogP contribution in [-0.4, -0.2) is 44.8 Å². The first-order chi connectivity index (χ1) is 17.1. The Morgan fingerprint density at radius 3 is 2.08 bits per heavy atom. The zero-order valence-electron chi connectivity index (χ0n) is 20.1. The highest BCUT2D eigenvalue weighted by atomic mass is 35.5. The Bertz CT molecular complexity index is 1330. The summed E-state index contributed by atoms with van der Waals surface area (Å²) >= 11 is 12.7. The predicted octanol–water partition coefficient (Wildman–Crippen LogP) is 4.66. The van der Waals surface area contributed by atoms with Crippen LogP contribution in [0, 0.1) is 6.92 Å². The number of aryl methyl sites for hydroxylation is 1. The second kappa shape index (κ2) is 11.8. The van der Waals surface area contributed by atoms with Gasteiger partial charge in [-0.05, 0) is 49.7 Å². The molecular formula is C26H27Cl2N3O4S. The van der Waals surface area contributed by atoms with Crippen LogP contribution in [0.4, 0.5) is 5.69 Å². The molecule has 0 saturated heterocycles. The topological polar surface area (TPSA) is 86.8 Å². The lowest BCUT2D eigenvalue weighted by atomic mass is 10.1. The number of carbonyl (C=O) groups excluding carboxylic acids is 2. The van der Waals surface area contributed by atoms with Gasteiger partial charge in [0, 0.05) is 29.2 Å². The van der Waals surface area contributed by atoms with Crippen molar-refractivity contribution >= 4 is 50.7 Å². The Morgan fingerprint density at radius 2 is 1.50 bits per heavy atom. The molecular weight excluding hydrogens is 521 g/mol. The maximum absolute atomic E-state index is 13.8. The van der Waals surface area contributed by atoms with Gasteiger partial charge in [0.1, 0.15) is 12.6 Å². The summed E-state index contributed by atoms with van der Waals surface area (Å²) in [5, 5.41) is 3.20. The highest BCUT2D eigenvalue weighted by molar-refractivity contribution is 7.92. The van der Waals surface area contributed by atoms with Crippen molar-refractivity contribution in [3.63, 3.8) is 0 Å². The van der Waals surface area contributed by atoms with Crippen LogP contribution in [0.1, 0.15) is 18.1 Å². The quantitative estimate of drug-likeness (QED) is 0.422. The molecule has 0 radical (unpaired) electrons. The second-order valence-corrected chi connectivity index (χ2v) is 10.8. The van der Waals surface area contributed by atoms with Crippen LogP contribution in [0.2, 0.25) is 10.0 Å². The molecule has 7 nitrogen and oxygen atoms in total. The molecule has 10 heteroatoms. The number of rotatable bonds is 9. The van der Waals surface area contributed by atoms with Crippen LogP contribution in [0.3, 0.4) is 0 Å². The molecule has 0 bridgehead atoms. The summed E-state index contributed by atoms with van der Waals surface area (Å²) in [6.45, 7) is 2.71. The van der Waals surface area contributed by atoms with Gasteiger partial charge in [0.05, 0.1) is 10.6 Å². The number of hydrogen-bond donors (Lipinski definition) is 1. The number of para-hydroxylation sites is 1. The van der Waals surface area contributed by atoms with Crippen LogP contribution in [0.25, 0.3) is 0 Å². The number of likely N-dealkylation sites (N-methyl/N-ethyl adjacent to an activating group) is 1. The van der Waals surface area contributed by atoms with Crippen LogP contribution in [0.15, 0.2) is 77.7 Å². The molecule has 1 atom stereocenters. The molecule has 0 unspecified atom stereocenters.